The predicted octanol–water partition coefficient (Wildman–Crippen LogP) is 0.413. The highest BCUT2D eigenvalue weighted by Gasteiger charge is 2.24. The largest absolute Gasteiger partial charge is 0.480 e. The average Bonchev–Trinajstić information content (AvgIpc) is 2.22. The van der Waals surface area contributed by atoms with E-state index in [-0.39, 0.29) is 5.41 Å². The Morgan fingerprint density at radius 2 is 1.82 bits per heavy atom. The summed E-state index contributed by atoms with van der Waals surface area (Å²) in [7, 11) is 0. The van der Waals surface area contributed by atoms with Crippen LogP contribution in [0.5, 0.6) is 0 Å². The predicted molar refractivity (Wildman–Crippen MR) is 63.7 cm³/mol. The number of rotatable bonds is 6. The van der Waals surface area contributed by atoms with Crippen LogP contribution in [-0.4, -0.2) is 41.4 Å². The number of hydrogen-bond donors (Lipinski definition) is 4. The minimum absolute atomic E-state index is 0.0741. The molecular weight excluding hydrogens is 224 g/mol. The number of aliphatic carboxylic acids is 1. The molecule has 0 aromatic heterocycles. The Hall–Kier alpha value is -1.30. The lowest BCUT2D eigenvalue weighted by Gasteiger charge is -2.29. The van der Waals surface area contributed by atoms with Crippen LogP contribution in [0.3, 0.4) is 0 Å². The van der Waals surface area contributed by atoms with E-state index in [0.29, 0.717) is 12.5 Å². The first kappa shape index (κ1) is 15.7. The highest BCUT2D eigenvalue weighted by Crippen LogP contribution is 2.24. The van der Waals surface area contributed by atoms with E-state index in [2.05, 4.69) is 10.6 Å². The molecule has 6 nitrogen and oxygen atoms in total. The molecule has 0 fully saturated rings. The van der Waals surface area contributed by atoms with Crippen LogP contribution < -0.4 is 10.6 Å². The number of carbonyl (C=O) groups is 2. The molecule has 0 bridgehead atoms. The van der Waals surface area contributed by atoms with Gasteiger partial charge in [-0.1, -0.05) is 27.7 Å². The smallest absolute Gasteiger partial charge is 0.328 e. The second-order valence-corrected chi connectivity index (χ2v) is 5.04. The van der Waals surface area contributed by atoms with E-state index in [1.165, 1.54) is 0 Å². The van der Waals surface area contributed by atoms with Crippen molar-refractivity contribution in [3.63, 3.8) is 0 Å². The van der Waals surface area contributed by atoms with Crippen molar-refractivity contribution in [1.82, 2.24) is 10.6 Å². The standard InChI is InChI=1S/C11H22N2O4/c1-7(2)11(3,4)6-12-10(17)13-8(5-14)9(15)16/h7-8,14H,5-6H2,1-4H3,(H,15,16)(H2,12,13,17). The van der Waals surface area contributed by atoms with Crippen molar-refractivity contribution in [3.8, 4) is 0 Å². The lowest BCUT2D eigenvalue weighted by molar-refractivity contribution is -0.140. The van der Waals surface area contributed by atoms with Crippen LogP contribution in [0.4, 0.5) is 4.79 Å². The fourth-order valence-corrected chi connectivity index (χ4v) is 0.907. The molecular formula is C11H22N2O4. The van der Waals surface area contributed by atoms with E-state index < -0.39 is 24.6 Å². The van der Waals surface area contributed by atoms with E-state index in [1.54, 1.807) is 0 Å². The second-order valence-electron chi connectivity index (χ2n) is 5.04. The van der Waals surface area contributed by atoms with Crippen LogP contribution in [0.2, 0.25) is 0 Å². The van der Waals surface area contributed by atoms with Gasteiger partial charge < -0.3 is 20.8 Å². The van der Waals surface area contributed by atoms with E-state index in [1.807, 2.05) is 27.7 Å². The molecule has 0 aromatic rings. The molecule has 1 unspecified atom stereocenters. The first-order chi connectivity index (χ1) is 7.70. The Kier molecular flexibility index (Phi) is 5.95. The summed E-state index contributed by atoms with van der Waals surface area (Å²) in [5.74, 6) is -0.873. The summed E-state index contributed by atoms with van der Waals surface area (Å²) < 4.78 is 0. The molecule has 0 heterocycles. The third-order valence-corrected chi connectivity index (χ3v) is 3.05. The van der Waals surface area contributed by atoms with E-state index in [4.69, 9.17) is 10.2 Å². The van der Waals surface area contributed by atoms with Crippen LogP contribution in [0.1, 0.15) is 27.7 Å². The van der Waals surface area contributed by atoms with Gasteiger partial charge in [-0.05, 0) is 11.3 Å². The van der Waals surface area contributed by atoms with Crippen molar-refractivity contribution in [2.24, 2.45) is 11.3 Å². The van der Waals surface area contributed by atoms with Gasteiger partial charge in [-0.2, -0.15) is 0 Å². The van der Waals surface area contributed by atoms with Crippen molar-refractivity contribution in [2.45, 2.75) is 33.7 Å². The number of urea groups is 1. The summed E-state index contributed by atoms with van der Waals surface area (Å²) in [6, 6.07) is -1.85. The fourth-order valence-electron chi connectivity index (χ4n) is 0.907. The van der Waals surface area contributed by atoms with Crippen LogP contribution in [0.15, 0.2) is 0 Å². The number of hydrogen-bond acceptors (Lipinski definition) is 3. The zero-order chi connectivity index (χ0) is 13.6. The van der Waals surface area contributed by atoms with Crippen molar-refractivity contribution >= 4 is 12.0 Å². The molecule has 2 amide bonds. The monoisotopic (exact) mass is 246 g/mol. The van der Waals surface area contributed by atoms with Gasteiger partial charge >= 0.3 is 12.0 Å². The first-order valence-corrected chi connectivity index (χ1v) is 5.58. The molecule has 6 heteroatoms. The molecule has 0 radical (unpaired) electrons. The number of nitrogens with one attached hydrogen (secondary N) is 2. The molecule has 17 heavy (non-hydrogen) atoms. The Bertz CT molecular complexity index is 277. The summed E-state index contributed by atoms with van der Waals surface area (Å²) in [5, 5.41) is 22.2. The van der Waals surface area contributed by atoms with E-state index >= 15 is 0 Å². The summed E-state index contributed by atoms with van der Waals surface area (Å²) >= 11 is 0. The molecule has 100 valence electrons. The third kappa shape index (κ3) is 5.53. The van der Waals surface area contributed by atoms with Crippen molar-refractivity contribution in [3.05, 3.63) is 0 Å². The number of carboxylic acid groups (broad SMARTS) is 1. The fraction of sp³-hybridized carbons (Fsp3) is 0.818. The third-order valence-electron chi connectivity index (χ3n) is 3.05. The SMILES string of the molecule is CC(C)C(C)(C)CNC(=O)NC(CO)C(=O)O. The molecule has 0 aromatic carbocycles. The maximum atomic E-state index is 11.4. The molecule has 0 aliphatic carbocycles. The van der Waals surface area contributed by atoms with Gasteiger partial charge in [0.15, 0.2) is 6.04 Å². The van der Waals surface area contributed by atoms with Gasteiger partial charge in [0.1, 0.15) is 0 Å². The highest BCUT2D eigenvalue weighted by molar-refractivity contribution is 5.82. The van der Waals surface area contributed by atoms with Gasteiger partial charge in [-0.3, -0.25) is 0 Å². The van der Waals surface area contributed by atoms with E-state index in [0.717, 1.165) is 0 Å². The number of carbonyl (C=O) groups excluding carboxylic acids is 1. The van der Waals surface area contributed by atoms with Crippen LogP contribution in [-0.2, 0) is 4.79 Å². The van der Waals surface area contributed by atoms with Gasteiger partial charge in [0.05, 0.1) is 6.61 Å². The van der Waals surface area contributed by atoms with Crippen molar-refractivity contribution in [2.75, 3.05) is 13.2 Å². The van der Waals surface area contributed by atoms with Crippen molar-refractivity contribution in [1.29, 1.82) is 0 Å². The Morgan fingerprint density at radius 3 is 2.18 bits per heavy atom. The van der Waals surface area contributed by atoms with Gasteiger partial charge in [0.2, 0.25) is 0 Å². The topological polar surface area (TPSA) is 98.7 Å². The molecule has 0 aliphatic heterocycles. The number of aliphatic hydroxyl groups excluding tert-OH is 1. The average molecular weight is 246 g/mol. The van der Waals surface area contributed by atoms with Crippen LogP contribution in [0, 0.1) is 11.3 Å². The minimum atomic E-state index is -1.27. The molecule has 0 saturated heterocycles. The Morgan fingerprint density at radius 1 is 1.29 bits per heavy atom. The second kappa shape index (κ2) is 6.44. The zero-order valence-corrected chi connectivity index (χ0v) is 10.8. The van der Waals surface area contributed by atoms with Gasteiger partial charge in [-0.15, -0.1) is 0 Å². The maximum Gasteiger partial charge on any atom is 0.328 e. The summed E-state index contributed by atoms with van der Waals surface area (Å²) in [5.41, 5.74) is -0.0741. The molecule has 0 saturated carbocycles. The lowest BCUT2D eigenvalue weighted by Crippen LogP contribution is -2.50. The minimum Gasteiger partial charge on any atom is -0.480 e. The summed E-state index contributed by atoms with van der Waals surface area (Å²) in [6.45, 7) is 7.93. The molecule has 0 aliphatic rings. The normalized spacial score (nSPS) is 13.3. The quantitative estimate of drug-likeness (QED) is 0.545. The van der Waals surface area contributed by atoms with Gasteiger partial charge in [-0.25, -0.2) is 9.59 Å². The molecule has 0 rings (SSSR count). The number of amides is 2. The number of carboxylic acids is 1. The van der Waals surface area contributed by atoms with E-state index in [9.17, 15) is 9.59 Å². The van der Waals surface area contributed by atoms with Crippen LogP contribution >= 0.6 is 0 Å². The molecule has 1 atom stereocenters. The van der Waals surface area contributed by atoms with Gasteiger partial charge in [0.25, 0.3) is 0 Å². The lowest BCUT2D eigenvalue weighted by atomic mass is 9.81. The molecule has 0 spiro atoms. The van der Waals surface area contributed by atoms with Crippen molar-refractivity contribution < 1.29 is 19.8 Å². The summed E-state index contributed by atoms with van der Waals surface area (Å²) in [4.78, 5) is 22.0. The number of aliphatic hydroxyl groups is 1. The Labute approximate surface area is 101 Å². The molecule has 4 N–H and O–H groups in total. The first-order valence-electron chi connectivity index (χ1n) is 5.58. The highest BCUT2D eigenvalue weighted by atomic mass is 16.4. The summed E-state index contributed by atoms with van der Waals surface area (Å²) in [6.07, 6.45) is 0. The van der Waals surface area contributed by atoms with Crippen LogP contribution in [0.25, 0.3) is 0 Å². The zero-order valence-electron chi connectivity index (χ0n) is 10.8. The van der Waals surface area contributed by atoms with Gasteiger partial charge in [0, 0.05) is 6.54 Å². The maximum absolute atomic E-state index is 11.4. The Balaban J connectivity index is 4.16.